The normalized spacial score (nSPS) is 9.83. The smallest absolute Gasteiger partial charge is 0.242 e. The summed E-state index contributed by atoms with van der Waals surface area (Å²) in [4.78, 5) is 111. The number of nitrogens with two attached hydrogens (primary N) is 1. The maximum absolute atomic E-state index is 12.2. The molecule has 0 radical (unpaired) electrons. The summed E-state index contributed by atoms with van der Waals surface area (Å²) in [7, 11) is 8.84. The van der Waals surface area contributed by atoms with Crippen molar-refractivity contribution in [2.75, 3.05) is 108 Å². The van der Waals surface area contributed by atoms with Gasteiger partial charge in [-0.15, -0.1) is 0 Å². The second kappa shape index (κ2) is 23.6. The van der Waals surface area contributed by atoms with Crippen molar-refractivity contribution in [1.29, 1.82) is 0 Å². The summed E-state index contributed by atoms with van der Waals surface area (Å²) in [6.07, 6.45) is 0.467. The molecule has 0 aliphatic heterocycles. The highest BCUT2D eigenvalue weighted by Gasteiger charge is 2.21. The average Bonchev–Trinajstić information content (AvgIpc) is 3.00. The van der Waals surface area contributed by atoms with Gasteiger partial charge in [0.25, 0.3) is 0 Å². The third kappa shape index (κ3) is 20.2. The predicted molar refractivity (Wildman–Crippen MR) is 166 cm³/mol. The van der Waals surface area contributed by atoms with Crippen LogP contribution in [0.3, 0.4) is 0 Å². The Balaban J connectivity index is 0. The lowest BCUT2D eigenvalue weighted by molar-refractivity contribution is -0.142. The molecule has 9 amide bonds. The molecule has 0 aliphatic rings. The van der Waals surface area contributed by atoms with Crippen LogP contribution in [0.4, 0.5) is 0 Å². The van der Waals surface area contributed by atoms with Crippen molar-refractivity contribution >= 4 is 53.7 Å². The number of carbonyl (C=O) groups excluding carboxylic acids is 9. The molecule has 0 aromatic heterocycles. The second-order valence-corrected chi connectivity index (χ2v) is 10.2. The zero-order valence-corrected chi connectivity index (χ0v) is 28.1. The van der Waals surface area contributed by atoms with E-state index in [1.54, 1.807) is 19.0 Å². The number of hydrogen-bond acceptors (Lipinski definition) is 10. The molecule has 19 heteroatoms. The molecule has 5 N–H and O–H groups in total. The first kappa shape index (κ1) is 43.3. The van der Waals surface area contributed by atoms with E-state index in [-0.39, 0.29) is 64.2 Å². The molecule has 0 bridgehead atoms. The van der Waals surface area contributed by atoms with Crippen LogP contribution in [0.2, 0.25) is 0 Å². The molecule has 262 valence electrons. The van der Waals surface area contributed by atoms with E-state index >= 15 is 0 Å². The molecule has 0 aromatic carbocycles. The molecule has 0 saturated heterocycles. The monoisotopic (exact) mass is 658 g/mol. The van der Waals surface area contributed by atoms with Crippen LogP contribution in [0.1, 0.15) is 13.8 Å². The van der Waals surface area contributed by atoms with E-state index in [1.807, 2.05) is 13.8 Å². The van der Waals surface area contributed by atoms with Gasteiger partial charge in [-0.2, -0.15) is 0 Å². The molecule has 0 fully saturated rings. The minimum atomic E-state index is -0.723. The van der Waals surface area contributed by atoms with Gasteiger partial charge in [-0.05, 0) is 13.5 Å². The van der Waals surface area contributed by atoms with Crippen LogP contribution in [0.25, 0.3) is 0 Å². The Morgan fingerprint density at radius 2 is 0.935 bits per heavy atom. The lowest BCUT2D eigenvalue weighted by atomic mass is 10.4. The van der Waals surface area contributed by atoms with E-state index in [0.717, 1.165) is 26.1 Å². The summed E-state index contributed by atoms with van der Waals surface area (Å²) >= 11 is 0. The average molecular weight is 659 g/mol. The molecule has 0 saturated carbocycles. The van der Waals surface area contributed by atoms with E-state index in [9.17, 15) is 43.2 Å². The van der Waals surface area contributed by atoms with Crippen molar-refractivity contribution < 1.29 is 43.2 Å². The largest absolute Gasteiger partial charge is 0.368 e. The highest BCUT2D eigenvalue weighted by Crippen LogP contribution is 1.94. The first-order chi connectivity index (χ1) is 21.4. The van der Waals surface area contributed by atoms with E-state index < -0.39 is 35.4 Å². The molecule has 0 aromatic rings. The van der Waals surface area contributed by atoms with Crippen molar-refractivity contribution in [1.82, 2.24) is 45.3 Å². The maximum Gasteiger partial charge on any atom is 0.242 e. The van der Waals surface area contributed by atoms with Gasteiger partial charge in [0, 0.05) is 48.8 Å². The summed E-state index contributed by atoms with van der Waals surface area (Å²) < 4.78 is 0. The lowest BCUT2D eigenvalue weighted by Crippen LogP contribution is -2.48. The SMILES string of the molecule is CCNCC(=O)N(C)CC(=O)N(C)CC.CN(C=O)CC(=O)NCC(=O)N(C)CC(=O)N(C)CC(=O)N(C)CC(=O)NCC(N)=O. The number of amides is 9. The zero-order chi connectivity index (χ0) is 36.0. The highest BCUT2D eigenvalue weighted by molar-refractivity contribution is 5.92. The summed E-state index contributed by atoms with van der Waals surface area (Å²) in [5.74, 6) is -3.56. The predicted octanol–water partition coefficient (Wildman–Crippen LogP) is -5.30. The molecular formula is C27H50N10O9. The number of nitrogens with one attached hydrogen (secondary N) is 3. The Morgan fingerprint density at radius 3 is 1.37 bits per heavy atom. The van der Waals surface area contributed by atoms with E-state index in [4.69, 9.17) is 5.73 Å². The van der Waals surface area contributed by atoms with Crippen molar-refractivity contribution in [2.24, 2.45) is 5.73 Å². The van der Waals surface area contributed by atoms with Crippen LogP contribution in [0.5, 0.6) is 0 Å². The van der Waals surface area contributed by atoms with Crippen LogP contribution < -0.4 is 21.7 Å². The van der Waals surface area contributed by atoms with Crippen molar-refractivity contribution in [3.63, 3.8) is 0 Å². The maximum atomic E-state index is 12.2. The Morgan fingerprint density at radius 1 is 0.543 bits per heavy atom. The second-order valence-electron chi connectivity index (χ2n) is 10.2. The third-order valence-electron chi connectivity index (χ3n) is 6.10. The summed E-state index contributed by atoms with van der Waals surface area (Å²) in [6.45, 7) is 3.76. The fourth-order valence-corrected chi connectivity index (χ4v) is 2.95. The van der Waals surface area contributed by atoms with Gasteiger partial charge >= 0.3 is 0 Å². The number of primary amides is 1. The van der Waals surface area contributed by atoms with Crippen LogP contribution in [-0.2, 0) is 43.2 Å². The van der Waals surface area contributed by atoms with Crippen molar-refractivity contribution in [2.45, 2.75) is 13.8 Å². The Kier molecular flexibility index (Phi) is 22.2. The van der Waals surface area contributed by atoms with Crippen molar-refractivity contribution in [3.8, 4) is 0 Å². The van der Waals surface area contributed by atoms with Crippen LogP contribution in [0.15, 0.2) is 0 Å². The molecule has 0 spiro atoms. The number of carbonyl (C=O) groups is 9. The van der Waals surface area contributed by atoms with Crippen LogP contribution in [0, 0.1) is 0 Å². The third-order valence-corrected chi connectivity index (χ3v) is 6.10. The van der Waals surface area contributed by atoms with Crippen LogP contribution in [-0.4, -0.2) is 191 Å². The number of likely N-dealkylation sites (N-methyl/N-ethyl adjacent to an activating group) is 7. The quantitative estimate of drug-likeness (QED) is 0.0962. The van der Waals surface area contributed by atoms with E-state index in [0.29, 0.717) is 13.0 Å². The summed E-state index contributed by atoms with van der Waals surface area (Å²) in [6, 6.07) is 0. The standard InChI is InChI=1S/C17H29N7O7.C10H21N3O2/c1-21(11-25)7-13(27)20-6-15(29)23(3)9-17(31)24(4)10-16(30)22(2)8-14(28)19-5-12(18)26;1-5-11-7-9(14)13(4)8-10(15)12(3)6-2/h11H,5-10H2,1-4H3,(H2,18,26)(H,19,28)(H,20,27);11H,5-8H2,1-4H3. The van der Waals surface area contributed by atoms with Gasteiger partial charge in [-0.25, -0.2) is 0 Å². The minimum absolute atomic E-state index is 0.0372. The number of hydrogen-bond donors (Lipinski definition) is 4. The first-order valence-electron chi connectivity index (χ1n) is 14.3. The minimum Gasteiger partial charge on any atom is -0.368 e. The molecule has 0 aliphatic carbocycles. The van der Waals surface area contributed by atoms with E-state index in [2.05, 4.69) is 16.0 Å². The zero-order valence-electron chi connectivity index (χ0n) is 28.1. The Labute approximate surface area is 269 Å². The molecule has 0 rings (SSSR count). The summed E-state index contributed by atoms with van der Waals surface area (Å²) in [5.41, 5.74) is 4.91. The van der Waals surface area contributed by atoms with Gasteiger partial charge in [0.1, 0.15) is 0 Å². The van der Waals surface area contributed by atoms with Crippen LogP contribution >= 0.6 is 0 Å². The molecule has 46 heavy (non-hydrogen) atoms. The number of nitrogens with zero attached hydrogens (tertiary/aromatic N) is 6. The molecule has 0 heterocycles. The fourth-order valence-electron chi connectivity index (χ4n) is 2.95. The van der Waals surface area contributed by atoms with Gasteiger partial charge in [0.05, 0.1) is 52.4 Å². The number of rotatable bonds is 19. The van der Waals surface area contributed by atoms with Gasteiger partial charge in [0.2, 0.25) is 53.7 Å². The van der Waals surface area contributed by atoms with E-state index in [1.165, 1.54) is 33.1 Å². The summed E-state index contributed by atoms with van der Waals surface area (Å²) in [5, 5.41) is 7.49. The molecule has 19 nitrogen and oxygen atoms in total. The van der Waals surface area contributed by atoms with Crippen molar-refractivity contribution in [3.05, 3.63) is 0 Å². The van der Waals surface area contributed by atoms with Gasteiger partial charge < -0.3 is 51.1 Å². The lowest BCUT2D eigenvalue weighted by Gasteiger charge is -2.24. The Hall–Kier alpha value is -4.81. The molecule has 0 unspecified atom stereocenters. The molecular weight excluding hydrogens is 608 g/mol. The van der Waals surface area contributed by atoms with Gasteiger partial charge in [-0.1, -0.05) is 6.92 Å². The molecule has 0 atom stereocenters. The van der Waals surface area contributed by atoms with Gasteiger partial charge in [-0.3, -0.25) is 43.2 Å². The first-order valence-corrected chi connectivity index (χ1v) is 14.3. The Bertz CT molecular complexity index is 1070. The van der Waals surface area contributed by atoms with Gasteiger partial charge in [0.15, 0.2) is 0 Å². The fraction of sp³-hybridized carbons (Fsp3) is 0.667. The topological polar surface area (TPSA) is 235 Å². The highest BCUT2D eigenvalue weighted by atomic mass is 16.2.